The van der Waals surface area contributed by atoms with Crippen LogP contribution in [0.25, 0.3) is 10.9 Å². The summed E-state index contributed by atoms with van der Waals surface area (Å²) < 4.78 is 0. The van der Waals surface area contributed by atoms with Gasteiger partial charge >= 0.3 is 0 Å². The van der Waals surface area contributed by atoms with Crippen LogP contribution in [0.15, 0.2) is 24.3 Å². The average molecular weight is 410 g/mol. The molecule has 0 aliphatic heterocycles. The van der Waals surface area contributed by atoms with E-state index in [4.69, 9.17) is 9.97 Å². The van der Waals surface area contributed by atoms with Gasteiger partial charge in [-0.2, -0.15) is 4.98 Å². The first-order valence-electron chi connectivity index (χ1n) is 12.1. The molecule has 5 nitrogen and oxygen atoms in total. The summed E-state index contributed by atoms with van der Waals surface area (Å²) in [4.78, 5) is 11.7. The van der Waals surface area contributed by atoms with Gasteiger partial charge in [0.2, 0.25) is 5.95 Å². The zero-order valence-electron chi connectivity index (χ0n) is 18.9. The van der Waals surface area contributed by atoms with Gasteiger partial charge in [0.15, 0.2) is 0 Å². The molecule has 2 fully saturated rings. The molecule has 1 aromatic heterocycles. The number of fused-ring (bicyclic) bond motifs is 1. The van der Waals surface area contributed by atoms with Crippen molar-refractivity contribution in [2.45, 2.75) is 70.3 Å². The Hall–Kier alpha value is -1.88. The number of hydrogen-bond donors (Lipinski definition) is 2. The van der Waals surface area contributed by atoms with Gasteiger partial charge in [-0.3, -0.25) is 0 Å². The third kappa shape index (κ3) is 5.63. The quantitative estimate of drug-likeness (QED) is 0.585. The number of rotatable bonds is 8. The molecule has 4 rings (SSSR count). The lowest BCUT2D eigenvalue weighted by atomic mass is 9.85. The van der Waals surface area contributed by atoms with Crippen LogP contribution in [-0.2, 0) is 0 Å². The van der Waals surface area contributed by atoms with Gasteiger partial charge in [0.05, 0.1) is 5.52 Å². The molecule has 1 aromatic carbocycles. The Morgan fingerprint density at radius 1 is 0.900 bits per heavy atom. The highest BCUT2D eigenvalue weighted by atomic mass is 15.2. The van der Waals surface area contributed by atoms with E-state index < -0.39 is 0 Å². The molecule has 2 aromatic rings. The number of nitrogens with one attached hydrogen (secondary N) is 2. The van der Waals surface area contributed by atoms with E-state index in [1.54, 1.807) is 0 Å². The van der Waals surface area contributed by atoms with Gasteiger partial charge in [0, 0.05) is 25.5 Å². The minimum Gasteiger partial charge on any atom is -0.362 e. The summed E-state index contributed by atoms with van der Waals surface area (Å²) >= 11 is 0. The molecule has 0 amide bonds. The van der Waals surface area contributed by atoms with Crippen LogP contribution in [0.5, 0.6) is 0 Å². The fourth-order valence-corrected chi connectivity index (χ4v) is 5.25. The Labute approximate surface area is 182 Å². The molecule has 1 heterocycles. The average Bonchev–Trinajstić information content (AvgIpc) is 2.78. The number of aromatic nitrogens is 2. The molecule has 5 heteroatoms. The predicted molar refractivity (Wildman–Crippen MR) is 127 cm³/mol. The Balaban J connectivity index is 1.23. The van der Waals surface area contributed by atoms with Crippen molar-refractivity contribution in [3.05, 3.63) is 24.3 Å². The summed E-state index contributed by atoms with van der Waals surface area (Å²) in [5, 5.41) is 8.49. The molecule has 0 unspecified atom stereocenters. The van der Waals surface area contributed by atoms with Gasteiger partial charge in [-0.1, -0.05) is 44.2 Å². The smallest absolute Gasteiger partial charge is 0.225 e. The third-order valence-corrected chi connectivity index (χ3v) is 7.07. The molecule has 0 radical (unpaired) electrons. The van der Waals surface area contributed by atoms with Crippen molar-refractivity contribution in [3.63, 3.8) is 0 Å². The first-order chi connectivity index (χ1) is 14.7. The van der Waals surface area contributed by atoms with Gasteiger partial charge in [-0.25, -0.2) is 4.98 Å². The van der Waals surface area contributed by atoms with Crippen LogP contribution in [0.2, 0.25) is 0 Å². The second-order valence-corrected chi connectivity index (χ2v) is 9.64. The van der Waals surface area contributed by atoms with E-state index in [-0.39, 0.29) is 0 Å². The van der Waals surface area contributed by atoms with Crippen molar-refractivity contribution in [2.24, 2.45) is 11.8 Å². The molecular formula is C25H39N5. The van der Waals surface area contributed by atoms with Gasteiger partial charge < -0.3 is 15.5 Å². The topological polar surface area (TPSA) is 53.1 Å². The van der Waals surface area contributed by atoms with E-state index in [0.29, 0.717) is 6.04 Å². The summed E-state index contributed by atoms with van der Waals surface area (Å²) in [5.41, 5.74) is 1.01. The van der Waals surface area contributed by atoms with Crippen LogP contribution < -0.4 is 15.5 Å². The van der Waals surface area contributed by atoms with E-state index in [1.807, 2.05) is 20.2 Å². The fraction of sp³-hybridized carbons (Fsp3) is 0.680. The molecule has 0 bridgehead atoms. The maximum absolute atomic E-state index is 4.81. The SMILES string of the molecule is CN(C)c1nc(N[C@H]2CC[C@@H](CNCCC3CCCCC3)CC2)nc2ccccc12. The molecular weight excluding hydrogens is 370 g/mol. The first kappa shape index (κ1) is 21.4. The zero-order chi connectivity index (χ0) is 20.8. The highest BCUT2D eigenvalue weighted by Crippen LogP contribution is 2.29. The minimum absolute atomic E-state index is 0.486. The molecule has 2 aliphatic carbocycles. The Morgan fingerprint density at radius 3 is 2.43 bits per heavy atom. The van der Waals surface area contributed by atoms with E-state index in [1.165, 1.54) is 77.3 Å². The molecule has 2 saturated carbocycles. The van der Waals surface area contributed by atoms with Crippen LogP contribution in [0, 0.1) is 11.8 Å². The standard InChI is InChI=1S/C25H39N5/c1-30(2)24-22-10-6-7-11-23(22)28-25(29-24)27-21-14-12-20(13-15-21)18-26-17-16-19-8-4-3-5-9-19/h6-7,10-11,19-21,26H,3-5,8-9,12-18H2,1-2H3,(H,27,28,29)/t20-,21+. The van der Waals surface area contributed by atoms with Crippen molar-refractivity contribution >= 4 is 22.7 Å². The normalized spacial score (nSPS) is 22.9. The van der Waals surface area contributed by atoms with Crippen molar-refractivity contribution in [2.75, 3.05) is 37.4 Å². The molecule has 0 atom stereocenters. The molecule has 2 N–H and O–H groups in total. The third-order valence-electron chi connectivity index (χ3n) is 7.07. The highest BCUT2D eigenvalue weighted by molar-refractivity contribution is 5.90. The van der Waals surface area contributed by atoms with E-state index in [0.717, 1.165) is 34.5 Å². The number of para-hydroxylation sites is 1. The Kier molecular flexibility index (Phi) is 7.42. The zero-order valence-corrected chi connectivity index (χ0v) is 18.9. The number of anilines is 2. The van der Waals surface area contributed by atoms with E-state index in [9.17, 15) is 0 Å². The lowest BCUT2D eigenvalue weighted by Gasteiger charge is -2.30. The van der Waals surface area contributed by atoms with Gasteiger partial charge in [-0.15, -0.1) is 0 Å². The monoisotopic (exact) mass is 409 g/mol. The molecule has 0 saturated heterocycles. The van der Waals surface area contributed by atoms with Crippen molar-refractivity contribution < 1.29 is 0 Å². The van der Waals surface area contributed by atoms with Crippen molar-refractivity contribution in [3.8, 4) is 0 Å². The predicted octanol–water partition coefficient (Wildman–Crippen LogP) is 5.23. The molecule has 164 valence electrons. The van der Waals surface area contributed by atoms with Crippen LogP contribution >= 0.6 is 0 Å². The Morgan fingerprint density at radius 2 is 1.67 bits per heavy atom. The van der Waals surface area contributed by atoms with Gasteiger partial charge in [0.1, 0.15) is 5.82 Å². The molecule has 0 spiro atoms. The molecule has 30 heavy (non-hydrogen) atoms. The maximum atomic E-state index is 4.81. The van der Waals surface area contributed by atoms with Crippen LogP contribution in [-0.4, -0.2) is 43.2 Å². The summed E-state index contributed by atoms with van der Waals surface area (Å²) in [6.07, 6.45) is 13.7. The van der Waals surface area contributed by atoms with Crippen molar-refractivity contribution in [1.29, 1.82) is 0 Å². The maximum Gasteiger partial charge on any atom is 0.225 e. The second-order valence-electron chi connectivity index (χ2n) is 9.64. The van der Waals surface area contributed by atoms with Gasteiger partial charge in [0.25, 0.3) is 0 Å². The summed E-state index contributed by atoms with van der Waals surface area (Å²) in [6, 6.07) is 8.76. The molecule has 2 aliphatic rings. The summed E-state index contributed by atoms with van der Waals surface area (Å²) in [7, 11) is 4.09. The first-order valence-corrected chi connectivity index (χ1v) is 12.1. The van der Waals surface area contributed by atoms with Crippen LogP contribution in [0.1, 0.15) is 64.2 Å². The van der Waals surface area contributed by atoms with E-state index in [2.05, 4.69) is 33.7 Å². The second kappa shape index (κ2) is 10.4. The van der Waals surface area contributed by atoms with Gasteiger partial charge in [-0.05, 0) is 69.2 Å². The summed E-state index contributed by atoms with van der Waals surface area (Å²) in [6.45, 7) is 2.40. The largest absolute Gasteiger partial charge is 0.362 e. The van der Waals surface area contributed by atoms with Crippen molar-refractivity contribution in [1.82, 2.24) is 15.3 Å². The number of hydrogen-bond acceptors (Lipinski definition) is 5. The number of benzene rings is 1. The number of nitrogens with zero attached hydrogens (tertiary/aromatic N) is 3. The van der Waals surface area contributed by atoms with Crippen LogP contribution in [0.4, 0.5) is 11.8 Å². The Bertz CT molecular complexity index is 791. The highest BCUT2D eigenvalue weighted by Gasteiger charge is 2.22. The lowest BCUT2D eigenvalue weighted by Crippen LogP contribution is -2.32. The fourth-order valence-electron chi connectivity index (χ4n) is 5.25. The minimum atomic E-state index is 0.486. The van der Waals surface area contributed by atoms with Crippen LogP contribution in [0.3, 0.4) is 0 Å². The lowest BCUT2D eigenvalue weighted by molar-refractivity contribution is 0.305. The summed E-state index contributed by atoms with van der Waals surface area (Å²) in [5.74, 6) is 3.56. The van der Waals surface area contributed by atoms with E-state index >= 15 is 0 Å².